The summed E-state index contributed by atoms with van der Waals surface area (Å²) < 4.78 is 32.2. The number of hydrogen-bond donors (Lipinski definition) is 0. The first kappa shape index (κ1) is 18.7. The lowest BCUT2D eigenvalue weighted by Gasteiger charge is -2.32. The highest BCUT2D eigenvalue weighted by atomic mass is 32.2. The molecule has 0 N–H and O–H groups in total. The van der Waals surface area contributed by atoms with Crippen LogP contribution in [0.15, 0.2) is 18.3 Å². The lowest BCUT2D eigenvalue weighted by Crippen LogP contribution is -2.47. The second-order valence-corrected chi connectivity index (χ2v) is 8.48. The fourth-order valence-electron chi connectivity index (χ4n) is 3.13. The minimum Gasteiger partial charge on any atom is -0.473 e. The van der Waals surface area contributed by atoms with Crippen LogP contribution in [-0.2, 0) is 19.6 Å². The number of aromatic nitrogens is 2. The average Bonchev–Trinajstić information content (AvgIpc) is 2.63. The Labute approximate surface area is 152 Å². The number of likely N-dealkylation sites (tertiary alicyclic amines) is 1. The third-order valence-electron chi connectivity index (χ3n) is 4.59. The minimum absolute atomic E-state index is 0.0734. The molecule has 0 saturated carbocycles. The third kappa shape index (κ3) is 4.55. The van der Waals surface area contributed by atoms with Crippen molar-refractivity contribution in [3.05, 3.63) is 18.3 Å². The van der Waals surface area contributed by atoms with E-state index < -0.39 is 10.0 Å². The Kier molecular flexibility index (Phi) is 5.82. The van der Waals surface area contributed by atoms with Gasteiger partial charge in [-0.2, -0.15) is 5.10 Å². The van der Waals surface area contributed by atoms with Crippen molar-refractivity contribution < 1.29 is 22.7 Å². The first-order valence-corrected chi connectivity index (χ1v) is 10.3. The molecule has 0 radical (unpaired) electrons. The summed E-state index contributed by atoms with van der Waals surface area (Å²) in [4.78, 5) is 24.6. The molecule has 0 aromatic carbocycles. The average molecular weight is 382 g/mol. The Morgan fingerprint density at radius 3 is 2.46 bits per heavy atom. The number of amides is 2. The van der Waals surface area contributed by atoms with Crippen LogP contribution in [0, 0.1) is 0 Å². The van der Waals surface area contributed by atoms with Crippen molar-refractivity contribution >= 4 is 21.8 Å². The molecule has 0 unspecified atom stereocenters. The molecular formula is C16H22N4O5S. The fourth-order valence-corrected chi connectivity index (χ4v) is 4.57. The summed E-state index contributed by atoms with van der Waals surface area (Å²) in [6.07, 6.45) is 3.70. The largest absolute Gasteiger partial charge is 0.473 e. The van der Waals surface area contributed by atoms with E-state index >= 15 is 0 Å². The van der Waals surface area contributed by atoms with Crippen LogP contribution >= 0.6 is 0 Å². The number of rotatable bonds is 6. The van der Waals surface area contributed by atoms with Crippen molar-refractivity contribution in [2.75, 3.05) is 25.4 Å². The molecule has 1 aromatic rings. The highest BCUT2D eigenvalue weighted by Crippen LogP contribution is 2.19. The van der Waals surface area contributed by atoms with Gasteiger partial charge in [-0.25, -0.2) is 12.7 Å². The van der Waals surface area contributed by atoms with Gasteiger partial charge in [-0.05, 0) is 25.3 Å². The summed E-state index contributed by atoms with van der Waals surface area (Å²) in [5.41, 5.74) is 0. The van der Waals surface area contributed by atoms with Crippen molar-refractivity contribution in [2.45, 2.75) is 38.2 Å². The van der Waals surface area contributed by atoms with E-state index in [1.54, 1.807) is 18.3 Å². The van der Waals surface area contributed by atoms with Crippen LogP contribution in [0.25, 0.3) is 0 Å². The molecule has 3 rings (SSSR count). The molecule has 10 heteroatoms. The molecular weight excluding hydrogens is 360 g/mol. The predicted octanol–water partition coefficient (Wildman–Crippen LogP) is 0.189. The number of imide groups is 1. The number of carbonyl (C=O) groups is 2. The van der Waals surface area contributed by atoms with E-state index in [2.05, 4.69) is 10.2 Å². The lowest BCUT2D eigenvalue weighted by atomic mass is 10.1. The molecule has 9 nitrogen and oxygen atoms in total. The fraction of sp³-hybridized carbons (Fsp3) is 0.625. The topological polar surface area (TPSA) is 110 Å². The maximum atomic E-state index is 12.5. The number of carbonyl (C=O) groups excluding carboxylic acids is 2. The molecule has 2 amide bonds. The highest BCUT2D eigenvalue weighted by Gasteiger charge is 2.32. The maximum Gasteiger partial charge on any atom is 0.233 e. The first-order chi connectivity index (χ1) is 12.5. The Balaban J connectivity index is 1.49. The second kappa shape index (κ2) is 8.09. The van der Waals surface area contributed by atoms with E-state index in [4.69, 9.17) is 4.74 Å². The quantitative estimate of drug-likeness (QED) is 0.646. The van der Waals surface area contributed by atoms with Gasteiger partial charge in [-0.15, -0.1) is 5.10 Å². The molecule has 1 aromatic heterocycles. The highest BCUT2D eigenvalue weighted by molar-refractivity contribution is 7.89. The minimum atomic E-state index is -3.52. The standard InChI is InChI=1S/C16H22N4O5S/c21-15-4-1-5-16(22)20(15)11-12-26(23,24)19-9-6-13(7-10-19)25-14-3-2-8-17-18-14/h2-3,8,13H,1,4-7,9-12H2. The summed E-state index contributed by atoms with van der Waals surface area (Å²) in [7, 11) is -3.52. The van der Waals surface area contributed by atoms with Crippen LogP contribution in [0.4, 0.5) is 0 Å². The number of sulfonamides is 1. The molecule has 0 atom stereocenters. The van der Waals surface area contributed by atoms with Gasteiger partial charge in [0.15, 0.2) is 0 Å². The molecule has 0 aliphatic carbocycles. The van der Waals surface area contributed by atoms with Gasteiger partial charge in [0.1, 0.15) is 6.10 Å². The van der Waals surface area contributed by atoms with Gasteiger partial charge < -0.3 is 4.74 Å². The van der Waals surface area contributed by atoms with E-state index in [0.717, 1.165) is 4.90 Å². The van der Waals surface area contributed by atoms with Crippen LogP contribution in [0.3, 0.4) is 0 Å². The Hall–Kier alpha value is -2.07. The number of ether oxygens (including phenoxy) is 1. The SMILES string of the molecule is O=C1CCCC(=O)N1CCS(=O)(=O)N1CCC(Oc2cccnn2)CC1. The zero-order valence-electron chi connectivity index (χ0n) is 14.4. The van der Waals surface area contributed by atoms with Gasteiger partial charge >= 0.3 is 0 Å². The summed E-state index contributed by atoms with van der Waals surface area (Å²) in [6.45, 7) is 0.611. The van der Waals surface area contributed by atoms with Crippen molar-refractivity contribution in [3.8, 4) is 5.88 Å². The van der Waals surface area contributed by atoms with Crippen molar-refractivity contribution in [3.63, 3.8) is 0 Å². The van der Waals surface area contributed by atoms with Gasteiger partial charge in [0.25, 0.3) is 0 Å². The monoisotopic (exact) mass is 382 g/mol. The van der Waals surface area contributed by atoms with E-state index in [1.165, 1.54) is 4.31 Å². The number of piperidine rings is 2. The Morgan fingerprint density at radius 1 is 1.15 bits per heavy atom. The molecule has 0 bridgehead atoms. The zero-order chi connectivity index (χ0) is 18.6. The summed E-state index contributed by atoms with van der Waals surface area (Å²) in [5, 5.41) is 7.61. The first-order valence-electron chi connectivity index (χ1n) is 8.71. The van der Waals surface area contributed by atoms with Gasteiger partial charge in [-0.1, -0.05) is 0 Å². The number of hydrogen-bond acceptors (Lipinski definition) is 7. The van der Waals surface area contributed by atoms with E-state index in [1.807, 2.05) is 0 Å². The summed E-state index contributed by atoms with van der Waals surface area (Å²) in [6, 6.07) is 3.44. The zero-order valence-corrected chi connectivity index (χ0v) is 15.2. The van der Waals surface area contributed by atoms with Gasteiger partial charge in [0.2, 0.25) is 27.7 Å². The lowest BCUT2D eigenvalue weighted by molar-refractivity contribution is -0.147. The van der Waals surface area contributed by atoms with Gasteiger partial charge in [0.05, 0.1) is 5.75 Å². The third-order valence-corrected chi connectivity index (χ3v) is 6.44. The van der Waals surface area contributed by atoms with E-state index in [0.29, 0.717) is 51.1 Å². The van der Waals surface area contributed by atoms with Crippen LogP contribution in [-0.4, -0.2) is 71.1 Å². The van der Waals surface area contributed by atoms with E-state index in [-0.39, 0.29) is 30.2 Å². The van der Waals surface area contributed by atoms with Gasteiger partial charge in [0, 0.05) is 44.7 Å². The molecule has 2 saturated heterocycles. The summed E-state index contributed by atoms with van der Waals surface area (Å²) in [5.74, 6) is -0.379. The smallest absolute Gasteiger partial charge is 0.233 e. The van der Waals surface area contributed by atoms with Crippen molar-refractivity contribution in [1.82, 2.24) is 19.4 Å². The van der Waals surface area contributed by atoms with Crippen molar-refractivity contribution in [1.29, 1.82) is 0 Å². The Morgan fingerprint density at radius 2 is 1.85 bits per heavy atom. The second-order valence-electron chi connectivity index (χ2n) is 6.39. The summed E-state index contributed by atoms with van der Waals surface area (Å²) >= 11 is 0. The normalized spacial score (nSPS) is 20.4. The molecule has 142 valence electrons. The van der Waals surface area contributed by atoms with Crippen LogP contribution < -0.4 is 4.74 Å². The molecule has 0 spiro atoms. The van der Waals surface area contributed by atoms with E-state index in [9.17, 15) is 18.0 Å². The van der Waals surface area contributed by atoms with Crippen molar-refractivity contribution in [2.24, 2.45) is 0 Å². The maximum absolute atomic E-state index is 12.5. The van der Waals surface area contributed by atoms with Crippen LogP contribution in [0.5, 0.6) is 5.88 Å². The molecule has 2 aliphatic rings. The molecule has 2 fully saturated rings. The predicted molar refractivity (Wildman–Crippen MR) is 91.6 cm³/mol. The molecule has 26 heavy (non-hydrogen) atoms. The molecule has 3 heterocycles. The number of nitrogens with zero attached hydrogens (tertiary/aromatic N) is 4. The van der Waals surface area contributed by atoms with Crippen LogP contribution in [0.1, 0.15) is 32.1 Å². The van der Waals surface area contributed by atoms with Crippen LogP contribution in [0.2, 0.25) is 0 Å². The van der Waals surface area contributed by atoms with Gasteiger partial charge in [-0.3, -0.25) is 14.5 Å². The molecule has 2 aliphatic heterocycles. The Bertz CT molecular complexity index is 731.